The zero-order chi connectivity index (χ0) is 16.8. The van der Waals surface area contributed by atoms with Gasteiger partial charge >= 0.3 is 0 Å². The van der Waals surface area contributed by atoms with Crippen LogP contribution in [-0.2, 0) is 24.3 Å². The normalized spacial score (nSPS) is 10.5. The van der Waals surface area contributed by atoms with Crippen molar-refractivity contribution in [2.75, 3.05) is 0 Å². The molecule has 2 aromatic rings. The Labute approximate surface area is 140 Å². The molecule has 0 aliphatic rings. The van der Waals surface area contributed by atoms with Gasteiger partial charge in [-0.3, -0.25) is 9.48 Å². The molecule has 2 rings (SSSR count). The van der Waals surface area contributed by atoms with Crippen molar-refractivity contribution in [2.24, 2.45) is 0 Å². The van der Waals surface area contributed by atoms with Crippen LogP contribution in [0.3, 0.4) is 0 Å². The summed E-state index contributed by atoms with van der Waals surface area (Å²) in [6.45, 7) is 6.96. The second-order valence-corrected chi connectivity index (χ2v) is 6.38. The van der Waals surface area contributed by atoms with E-state index in [1.54, 1.807) is 11.3 Å². The maximum atomic E-state index is 12.0. The van der Waals surface area contributed by atoms with E-state index in [2.05, 4.69) is 21.5 Å². The highest BCUT2D eigenvalue weighted by Gasteiger charge is 2.13. The van der Waals surface area contributed by atoms with Gasteiger partial charge in [0, 0.05) is 23.2 Å². The summed E-state index contributed by atoms with van der Waals surface area (Å²) in [7, 11) is 0. The van der Waals surface area contributed by atoms with Crippen LogP contribution in [0.2, 0.25) is 0 Å². The summed E-state index contributed by atoms with van der Waals surface area (Å²) in [6.07, 6.45) is 1.53. The molecule has 1 N–H and O–H groups in total. The monoisotopic (exact) mass is 331 g/mol. The SMILES string of the molecule is Cc1csc(CNC(=O)CCc2c(C)nn(CCC#N)c2C)n1. The first-order valence-corrected chi connectivity index (χ1v) is 8.46. The molecule has 2 aromatic heterocycles. The van der Waals surface area contributed by atoms with Crippen LogP contribution in [-0.4, -0.2) is 20.7 Å². The van der Waals surface area contributed by atoms with Crippen LogP contribution >= 0.6 is 11.3 Å². The minimum absolute atomic E-state index is 0.0152. The molecule has 0 spiro atoms. The molecule has 1 amide bonds. The topological polar surface area (TPSA) is 83.6 Å². The Balaban J connectivity index is 1.86. The van der Waals surface area contributed by atoms with Crippen molar-refractivity contribution < 1.29 is 4.79 Å². The average molecular weight is 331 g/mol. The van der Waals surface area contributed by atoms with Crippen LogP contribution in [0.4, 0.5) is 0 Å². The molecule has 6 nitrogen and oxygen atoms in total. The first-order valence-electron chi connectivity index (χ1n) is 7.58. The van der Waals surface area contributed by atoms with Gasteiger partial charge in [-0.2, -0.15) is 10.4 Å². The van der Waals surface area contributed by atoms with Gasteiger partial charge in [-0.15, -0.1) is 11.3 Å². The number of nitriles is 1. The van der Waals surface area contributed by atoms with Crippen molar-refractivity contribution in [2.45, 2.75) is 53.1 Å². The van der Waals surface area contributed by atoms with Crippen LogP contribution in [0, 0.1) is 32.1 Å². The lowest BCUT2D eigenvalue weighted by atomic mass is 10.1. The predicted molar refractivity (Wildman–Crippen MR) is 88.9 cm³/mol. The molecule has 0 radical (unpaired) electrons. The predicted octanol–water partition coefficient (Wildman–Crippen LogP) is 2.43. The maximum Gasteiger partial charge on any atom is 0.220 e. The van der Waals surface area contributed by atoms with Gasteiger partial charge in [0.2, 0.25) is 5.91 Å². The van der Waals surface area contributed by atoms with Crippen molar-refractivity contribution in [3.05, 3.63) is 33.0 Å². The van der Waals surface area contributed by atoms with Crippen molar-refractivity contribution in [3.63, 3.8) is 0 Å². The summed E-state index contributed by atoms with van der Waals surface area (Å²) >= 11 is 1.56. The highest BCUT2D eigenvalue weighted by atomic mass is 32.1. The number of amides is 1. The summed E-state index contributed by atoms with van der Waals surface area (Å²) in [5, 5.41) is 18.9. The number of carbonyl (C=O) groups is 1. The number of nitrogens with zero attached hydrogens (tertiary/aromatic N) is 4. The van der Waals surface area contributed by atoms with Gasteiger partial charge in [-0.25, -0.2) is 4.98 Å². The van der Waals surface area contributed by atoms with Gasteiger partial charge in [-0.05, 0) is 32.8 Å². The molecule has 0 fully saturated rings. The van der Waals surface area contributed by atoms with Crippen LogP contribution in [0.5, 0.6) is 0 Å². The highest BCUT2D eigenvalue weighted by Crippen LogP contribution is 2.15. The fourth-order valence-electron chi connectivity index (χ4n) is 2.45. The fourth-order valence-corrected chi connectivity index (χ4v) is 3.17. The third-order valence-electron chi connectivity index (χ3n) is 3.67. The van der Waals surface area contributed by atoms with Gasteiger partial charge in [-0.1, -0.05) is 0 Å². The van der Waals surface area contributed by atoms with Crippen LogP contribution < -0.4 is 5.32 Å². The highest BCUT2D eigenvalue weighted by molar-refractivity contribution is 7.09. The van der Waals surface area contributed by atoms with Crippen molar-refractivity contribution in [3.8, 4) is 6.07 Å². The lowest BCUT2D eigenvalue weighted by Gasteiger charge is -2.05. The number of hydrogen-bond donors (Lipinski definition) is 1. The Morgan fingerprint density at radius 2 is 2.22 bits per heavy atom. The molecule has 0 aromatic carbocycles. The number of carbonyl (C=O) groups excluding carboxylic acids is 1. The molecule has 0 aliphatic heterocycles. The zero-order valence-electron chi connectivity index (χ0n) is 13.7. The minimum atomic E-state index is 0.0152. The van der Waals surface area contributed by atoms with Crippen molar-refractivity contribution >= 4 is 17.2 Å². The molecule has 0 aliphatic carbocycles. The first kappa shape index (κ1) is 17.2. The fraction of sp³-hybridized carbons (Fsp3) is 0.500. The van der Waals surface area contributed by atoms with Crippen LogP contribution in [0.25, 0.3) is 0 Å². The van der Waals surface area contributed by atoms with Gasteiger partial charge < -0.3 is 5.32 Å². The largest absolute Gasteiger partial charge is 0.350 e. The van der Waals surface area contributed by atoms with Gasteiger partial charge in [0.15, 0.2) is 0 Å². The van der Waals surface area contributed by atoms with Crippen LogP contribution in [0.15, 0.2) is 5.38 Å². The first-order chi connectivity index (χ1) is 11.0. The molecule has 0 unspecified atom stereocenters. The minimum Gasteiger partial charge on any atom is -0.350 e. The zero-order valence-corrected chi connectivity index (χ0v) is 14.5. The van der Waals surface area contributed by atoms with E-state index in [9.17, 15) is 4.79 Å². The molecule has 0 saturated heterocycles. The quantitative estimate of drug-likeness (QED) is 0.844. The molecule has 122 valence electrons. The summed E-state index contributed by atoms with van der Waals surface area (Å²) in [5.74, 6) is 0.0152. The smallest absolute Gasteiger partial charge is 0.220 e. The second kappa shape index (κ2) is 7.88. The standard InChI is InChI=1S/C16H21N5OS/c1-11-10-23-16(19-11)9-18-15(22)6-5-14-12(2)20-21(13(14)3)8-4-7-17/h10H,4-6,8-9H2,1-3H3,(H,18,22). The summed E-state index contributed by atoms with van der Waals surface area (Å²) in [4.78, 5) is 16.3. The maximum absolute atomic E-state index is 12.0. The Kier molecular flexibility index (Phi) is 5.88. The van der Waals surface area contributed by atoms with Crippen molar-refractivity contribution in [1.82, 2.24) is 20.1 Å². The lowest BCUT2D eigenvalue weighted by molar-refractivity contribution is -0.121. The summed E-state index contributed by atoms with van der Waals surface area (Å²) < 4.78 is 1.85. The van der Waals surface area contributed by atoms with E-state index >= 15 is 0 Å². The van der Waals surface area contributed by atoms with E-state index in [0.717, 1.165) is 27.7 Å². The molecule has 0 bridgehead atoms. The second-order valence-electron chi connectivity index (χ2n) is 5.44. The molecule has 23 heavy (non-hydrogen) atoms. The van der Waals surface area contributed by atoms with E-state index < -0.39 is 0 Å². The number of hydrogen-bond acceptors (Lipinski definition) is 5. The summed E-state index contributed by atoms with van der Waals surface area (Å²) in [5.41, 5.74) is 4.06. The Morgan fingerprint density at radius 3 is 2.87 bits per heavy atom. The molecular weight excluding hydrogens is 310 g/mol. The average Bonchev–Trinajstić information content (AvgIpc) is 3.05. The number of nitrogens with one attached hydrogen (secondary N) is 1. The number of rotatable bonds is 7. The molecule has 0 atom stereocenters. The van der Waals surface area contributed by atoms with Gasteiger partial charge in [0.1, 0.15) is 5.01 Å². The van der Waals surface area contributed by atoms with E-state index in [-0.39, 0.29) is 5.91 Å². The van der Waals surface area contributed by atoms with Gasteiger partial charge in [0.25, 0.3) is 0 Å². The third kappa shape index (κ3) is 4.63. The third-order valence-corrected chi connectivity index (χ3v) is 4.64. The van der Waals surface area contributed by atoms with E-state index in [1.807, 2.05) is 30.8 Å². The molecule has 2 heterocycles. The number of aryl methyl sites for hydroxylation is 3. The lowest BCUT2D eigenvalue weighted by Crippen LogP contribution is -2.23. The molecular formula is C16H21N5OS. The molecule has 0 saturated carbocycles. The molecule has 7 heteroatoms. The summed E-state index contributed by atoms with van der Waals surface area (Å²) in [6, 6.07) is 2.13. The Morgan fingerprint density at radius 1 is 1.43 bits per heavy atom. The van der Waals surface area contributed by atoms with E-state index in [0.29, 0.717) is 32.4 Å². The van der Waals surface area contributed by atoms with Crippen LogP contribution in [0.1, 0.15) is 40.5 Å². The Bertz CT molecular complexity index is 725. The van der Waals surface area contributed by atoms with E-state index in [4.69, 9.17) is 5.26 Å². The number of thiazole rings is 1. The number of aromatic nitrogens is 3. The van der Waals surface area contributed by atoms with Crippen molar-refractivity contribution in [1.29, 1.82) is 5.26 Å². The Hall–Kier alpha value is -2.20. The van der Waals surface area contributed by atoms with Gasteiger partial charge in [0.05, 0.1) is 31.3 Å². The van der Waals surface area contributed by atoms with E-state index in [1.165, 1.54) is 0 Å².